The van der Waals surface area contributed by atoms with Crippen LogP contribution in [0.1, 0.15) is 37.8 Å². The van der Waals surface area contributed by atoms with E-state index in [0.29, 0.717) is 0 Å². The lowest BCUT2D eigenvalue weighted by Crippen LogP contribution is -2.46. The highest BCUT2D eigenvalue weighted by Gasteiger charge is 2.24. The van der Waals surface area contributed by atoms with E-state index in [9.17, 15) is 0 Å². The molecule has 0 aliphatic carbocycles. The number of hydrogen-bond donors (Lipinski definition) is 1. The zero-order chi connectivity index (χ0) is 15.9. The Labute approximate surface area is 140 Å². The molecule has 0 spiro atoms. The van der Waals surface area contributed by atoms with Crippen LogP contribution < -0.4 is 5.32 Å². The van der Waals surface area contributed by atoms with Crippen LogP contribution in [-0.2, 0) is 0 Å². The minimum Gasteiger partial charge on any atom is -0.387 e. The first-order chi connectivity index (χ1) is 11.3. The molecule has 3 heterocycles. The number of hydrogen-bond acceptors (Lipinski definition) is 4. The van der Waals surface area contributed by atoms with Gasteiger partial charge in [0.2, 0.25) is 0 Å². The third kappa shape index (κ3) is 4.79. The number of aromatic nitrogens is 1. The van der Waals surface area contributed by atoms with Crippen molar-refractivity contribution in [3.8, 4) is 0 Å². The second-order valence-electron chi connectivity index (χ2n) is 6.75. The molecule has 1 aromatic heterocycles. The van der Waals surface area contributed by atoms with E-state index < -0.39 is 0 Å². The summed E-state index contributed by atoms with van der Waals surface area (Å²) in [6.07, 6.45) is 13.2. The van der Waals surface area contributed by atoms with Crippen LogP contribution in [0.25, 0.3) is 6.08 Å². The molecule has 23 heavy (non-hydrogen) atoms. The van der Waals surface area contributed by atoms with Gasteiger partial charge in [-0.05, 0) is 70.1 Å². The molecule has 1 aromatic rings. The van der Waals surface area contributed by atoms with Gasteiger partial charge in [-0.2, -0.15) is 0 Å². The Balaban J connectivity index is 1.40. The molecule has 4 heteroatoms. The smallest absolute Gasteiger partial charge is 0.0628 e. The molecule has 2 saturated heterocycles. The Morgan fingerprint density at radius 2 is 1.91 bits per heavy atom. The molecule has 1 N–H and O–H groups in total. The molecule has 0 atom stereocenters. The van der Waals surface area contributed by atoms with Crippen LogP contribution in [0.2, 0.25) is 0 Å². The summed E-state index contributed by atoms with van der Waals surface area (Å²) in [6.45, 7) is 6.18. The molecule has 2 fully saturated rings. The maximum absolute atomic E-state index is 4.43. The monoisotopic (exact) mass is 314 g/mol. The molecule has 0 aromatic carbocycles. The zero-order valence-corrected chi connectivity index (χ0v) is 14.4. The second-order valence-corrected chi connectivity index (χ2v) is 6.75. The number of likely N-dealkylation sites (tertiary alicyclic amines) is 2. The Bertz CT molecular complexity index is 483. The summed E-state index contributed by atoms with van der Waals surface area (Å²) in [7, 11) is 1.92. The van der Waals surface area contributed by atoms with Crippen molar-refractivity contribution in [2.75, 3.05) is 45.1 Å². The molecule has 2 aliphatic rings. The van der Waals surface area contributed by atoms with Gasteiger partial charge < -0.3 is 10.2 Å². The first-order valence-electron chi connectivity index (χ1n) is 9.12. The molecule has 2 aliphatic heterocycles. The van der Waals surface area contributed by atoms with Crippen molar-refractivity contribution in [2.24, 2.45) is 0 Å². The van der Waals surface area contributed by atoms with Crippen LogP contribution in [0.4, 0.5) is 5.69 Å². The van der Waals surface area contributed by atoms with Gasteiger partial charge in [0, 0.05) is 19.6 Å². The number of nitrogens with one attached hydrogen (secondary N) is 1. The molecule has 0 radical (unpaired) electrons. The van der Waals surface area contributed by atoms with E-state index in [1.807, 2.05) is 13.2 Å². The van der Waals surface area contributed by atoms with Gasteiger partial charge in [0.1, 0.15) is 0 Å². The standard InChI is InChI=1S/C19H30N4/c1-20-18-8-7-17(21-16-18)6-5-11-22-14-9-19(10-15-22)23-12-3-2-4-13-23/h5-8,16,19-20H,2-4,9-15H2,1H3/b6-5+. The van der Waals surface area contributed by atoms with Gasteiger partial charge in [0.15, 0.2) is 0 Å². The van der Waals surface area contributed by atoms with Crippen molar-refractivity contribution in [2.45, 2.75) is 38.1 Å². The van der Waals surface area contributed by atoms with Crippen LogP contribution in [-0.4, -0.2) is 60.6 Å². The van der Waals surface area contributed by atoms with Gasteiger partial charge in [-0.1, -0.05) is 12.5 Å². The van der Waals surface area contributed by atoms with Gasteiger partial charge in [-0.15, -0.1) is 0 Å². The molecule has 0 saturated carbocycles. The number of pyridine rings is 1. The largest absolute Gasteiger partial charge is 0.387 e. The van der Waals surface area contributed by atoms with Crippen molar-refractivity contribution >= 4 is 11.8 Å². The number of anilines is 1. The van der Waals surface area contributed by atoms with E-state index >= 15 is 0 Å². The topological polar surface area (TPSA) is 31.4 Å². The Morgan fingerprint density at radius 3 is 2.57 bits per heavy atom. The summed E-state index contributed by atoms with van der Waals surface area (Å²) in [5, 5.41) is 3.09. The van der Waals surface area contributed by atoms with E-state index in [0.717, 1.165) is 24.0 Å². The molecule has 0 bridgehead atoms. The summed E-state index contributed by atoms with van der Waals surface area (Å²) in [4.78, 5) is 9.74. The Kier molecular flexibility index (Phi) is 6.06. The highest BCUT2D eigenvalue weighted by atomic mass is 15.2. The molecule has 126 valence electrons. The minimum absolute atomic E-state index is 0.839. The quantitative estimate of drug-likeness (QED) is 0.905. The number of piperidine rings is 2. The van der Waals surface area contributed by atoms with Crippen LogP contribution in [0.3, 0.4) is 0 Å². The fraction of sp³-hybridized carbons (Fsp3) is 0.632. The molecule has 0 unspecified atom stereocenters. The zero-order valence-electron chi connectivity index (χ0n) is 14.4. The normalized spacial score (nSPS) is 21.8. The Morgan fingerprint density at radius 1 is 1.13 bits per heavy atom. The van der Waals surface area contributed by atoms with Crippen molar-refractivity contribution in [3.05, 3.63) is 30.1 Å². The highest BCUT2D eigenvalue weighted by Crippen LogP contribution is 2.20. The van der Waals surface area contributed by atoms with E-state index in [-0.39, 0.29) is 0 Å². The van der Waals surface area contributed by atoms with Crippen molar-refractivity contribution in [1.29, 1.82) is 0 Å². The maximum atomic E-state index is 4.43. The van der Waals surface area contributed by atoms with E-state index in [1.54, 1.807) is 0 Å². The van der Waals surface area contributed by atoms with Crippen molar-refractivity contribution in [1.82, 2.24) is 14.8 Å². The number of rotatable bonds is 5. The summed E-state index contributed by atoms with van der Waals surface area (Å²) < 4.78 is 0. The van der Waals surface area contributed by atoms with Crippen molar-refractivity contribution < 1.29 is 0 Å². The maximum Gasteiger partial charge on any atom is 0.0628 e. The predicted molar refractivity (Wildman–Crippen MR) is 97.7 cm³/mol. The highest BCUT2D eigenvalue weighted by molar-refractivity contribution is 5.49. The van der Waals surface area contributed by atoms with Gasteiger partial charge in [0.05, 0.1) is 17.6 Å². The minimum atomic E-state index is 0.839. The van der Waals surface area contributed by atoms with Gasteiger partial charge in [-0.25, -0.2) is 0 Å². The average Bonchev–Trinajstić information content (AvgIpc) is 2.64. The predicted octanol–water partition coefficient (Wildman–Crippen LogP) is 3.09. The van der Waals surface area contributed by atoms with Crippen molar-refractivity contribution in [3.63, 3.8) is 0 Å². The third-order valence-corrected chi connectivity index (χ3v) is 5.19. The molecule has 3 rings (SSSR count). The molecule has 4 nitrogen and oxygen atoms in total. The second kappa shape index (κ2) is 8.46. The Hall–Kier alpha value is -1.39. The molecular formula is C19H30N4. The van der Waals surface area contributed by atoms with E-state index in [1.165, 1.54) is 58.3 Å². The van der Waals surface area contributed by atoms with E-state index in [2.05, 4.69) is 44.4 Å². The van der Waals surface area contributed by atoms with Gasteiger partial charge in [-0.3, -0.25) is 9.88 Å². The first-order valence-corrected chi connectivity index (χ1v) is 9.12. The van der Waals surface area contributed by atoms with E-state index in [4.69, 9.17) is 0 Å². The SMILES string of the molecule is CNc1ccc(/C=C/CN2CCC(N3CCCCC3)CC2)nc1. The van der Waals surface area contributed by atoms with Gasteiger partial charge >= 0.3 is 0 Å². The van der Waals surface area contributed by atoms with Gasteiger partial charge in [0.25, 0.3) is 0 Å². The lowest BCUT2D eigenvalue weighted by Gasteiger charge is -2.40. The molecular weight excluding hydrogens is 284 g/mol. The van der Waals surface area contributed by atoms with Crippen LogP contribution in [0, 0.1) is 0 Å². The summed E-state index contributed by atoms with van der Waals surface area (Å²) in [5.41, 5.74) is 2.09. The lowest BCUT2D eigenvalue weighted by atomic mass is 10.00. The molecule has 0 amide bonds. The van der Waals surface area contributed by atoms with Crippen LogP contribution in [0.15, 0.2) is 24.4 Å². The average molecular weight is 314 g/mol. The fourth-order valence-corrected chi connectivity index (χ4v) is 3.72. The summed E-state index contributed by atoms with van der Waals surface area (Å²) in [6, 6.07) is 4.97. The van der Waals surface area contributed by atoms with Crippen LogP contribution in [0.5, 0.6) is 0 Å². The first kappa shape index (κ1) is 16.5. The summed E-state index contributed by atoms with van der Waals surface area (Å²) in [5.74, 6) is 0. The fourth-order valence-electron chi connectivity index (χ4n) is 3.72. The number of nitrogens with zero attached hydrogens (tertiary/aromatic N) is 3. The lowest BCUT2D eigenvalue weighted by molar-refractivity contribution is 0.0975. The third-order valence-electron chi connectivity index (χ3n) is 5.19. The van der Waals surface area contributed by atoms with Crippen LogP contribution >= 0.6 is 0 Å². The summed E-state index contributed by atoms with van der Waals surface area (Å²) >= 11 is 0.